The molecular weight excluding hydrogens is 563 g/mol. The lowest BCUT2D eigenvalue weighted by molar-refractivity contribution is -0.126. The molecule has 42 heavy (non-hydrogen) atoms. The fraction of sp³-hybridized carbons (Fsp3) is 0.433. The van der Waals surface area contributed by atoms with Crippen LogP contribution in [0.25, 0.3) is 21.1 Å². The van der Waals surface area contributed by atoms with Gasteiger partial charge in [0.1, 0.15) is 28.7 Å². The maximum atomic E-state index is 12.9. The highest BCUT2D eigenvalue weighted by molar-refractivity contribution is 7.18. The smallest absolute Gasteiger partial charge is 0.384 e. The van der Waals surface area contributed by atoms with Crippen molar-refractivity contribution in [3.63, 3.8) is 0 Å². The van der Waals surface area contributed by atoms with Crippen LogP contribution in [0.2, 0.25) is 0 Å². The number of morpholine rings is 1. The van der Waals surface area contributed by atoms with Crippen LogP contribution in [0.3, 0.4) is 0 Å². The molecule has 0 aliphatic carbocycles. The van der Waals surface area contributed by atoms with Crippen molar-refractivity contribution in [2.45, 2.75) is 57.1 Å². The summed E-state index contributed by atoms with van der Waals surface area (Å²) in [5.74, 6) is 0.600. The minimum atomic E-state index is -4.25. The molecule has 0 saturated carbocycles. The first-order chi connectivity index (χ1) is 20.2. The van der Waals surface area contributed by atoms with Gasteiger partial charge in [0.25, 0.3) is 0 Å². The van der Waals surface area contributed by atoms with E-state index in [-0.39, 0.29) is 17.0 Å². The average molecular weight is 596 g/mol. The van der Waals surface area contributed by atoms with Crippen molar-refractivity contribution in [2.24, 2.45) is 0 Å². The molecule has 1 atom stereocenters. The maximum Gasteiger partial charge on any atom is 0.393 e. The highest BCUT2D eigenvalue weighted by Gasteiger charge is 2.29. The van der Waals surface area contributed by atoms with Gasteiger partial charge < -0.3 is 19.9 Å². The van der Waals surface area contributed by atoms with Crippen LogP contribution in [-0.2, 0) is 24.2 Å². The number of hydrogen-bond acceptors (Lipinski definition) is 8. The molecule has 1 aromatic carbocycles. The fourth-order valence-electron chi connectivity index (χ4n) is 5.79. The van der Waals surface area contributed by atoms with Crippen molar-refractivity contribution >= 4 is 38.3 Å². The van der Waals surface area contributed by atoms with Gasteiger partial charge in [-0.1, -0.05) is 12.6 Å². The predicted molar refractivity (Wildman–Crippen MR) is 157 cm³/mol. The van der Waals surface area contributed by atoms with Crippen LogP contribution in [0.1, 0.15) is 35.4 Å². The number of halogens is 3. The molecule has 0 amide bonds. The van der Waals surface area contributed by atoms with E-state index in [9.17, 15) is 18.4 Å². The van der Waals surface area contributed by atoms with E-state index in [1.54, 1.807) is 6.07 Å². The van der Waals surface area contributed by atoms with Gasteiger partial charge in [0.2, 0.25) is 0 Å². The lowest BCUT2D eigenvalue weighted by Crippen LogP contribution is -2.38. The van der Waals surface area contributed by atoms with Crippen LogP contribution in [0.15, 0.2) is 48.9 Å². The quantitative estimate of drug-likeness (QED) is 0.274. The van der Waals surface area contributed by atoms with Crippen molar-refractivity contribution in [2.75, 3.05) is 31.6 Å². The largest absolute Gasteiger partial charge is 0.393 e. The zero-order chi connectivity index (χ0) is 29.3. The average Bonchev–Trinajstić information content (AvgIpc) is 3.53. The summed E-state index contributed by atoms with van der Waals surface area (Å²) >= 11 is 1.07. The summed E-state index contributed by atoms with van der Waals surface area (Å²) in [6.45, 7) is 8.44. The number of alkyl halides is 3. The van der Waals surface area contributed by atoms with Crippen molar-refractivity contribution in [1.82, 2.24) is 24.8 Å². The Labute approximate surface area is 245 Å². The number of aryl methyl sites for hydroxylation is 1. The standard InChI is InChI=1S/C30H32F3N7OS/c1-19-17-41-24(15-35-19)6-9-40-23(14-34)11-21-10-20(2-3-27(21)40)16-39-7-4-22(5-8-39)38-28-26-12-25(13-30(31,32)33)42-29(26)37-18-36-28/h2-3,10-12,18,22,24,35H,1,4-9,13,15-17H2,(H,36,37,38)/t24-/m1/s1. The lowest BCUT2D eigenvalue weighted by atomic mass is 10.0. The first-order valence-electron chi connectivity index (χ1n) is 14.1. The summed E-state index contributed by atoms with van der Waals surface area (Å²) in [5, 5.41) is 18.2. The number of hydrogen-bond donors (Lipinski definition) is 2. The zero-order valence-electron chi connectivity index (χ0n) is 23.1. The molecule has 5 heterocycles. The first kappa shape index (κ1) is 28.5. The molecule has 0 bridgehead atoms. The Balaban J connectivity index is 1.05. The zero-order valence-corrected chi connectivity index (χ0v) is 23.9. The Morgan fingerprint density at radius 2 is 2.02 bits per heavy atom. The third kappa shape index (κ3) is 6.53. The van der Waals surface area contributed by atoms with E-state index in [0.29, 0.717) is 34.9 Å². The van der Waals surface area contributed by atoms with Gasteiger partial charge in [0.15, 0.2) is 0 Å². The van der Waals surface area contributed by atoms with Crippen LogP contribution in [0, 0.1) is 11.3 Å². The van der Waals surface area contributed by atoms with E-state index in [1.807, 2.05) is 6.07 Å². The van der Waals surface area contributed by atoms with Gasteiger partial charge in [-0.3, -0.25) is 4.90 Å². The van der Waals surface area contributed by atoms with E-state index in [4.69, 9.17) is 4.74 Å². The number of fused-ring (bicyclic) bond motifs is 2. The van der Waals surface area contributed by atoms with Crippen molar-refractivity contribution in [3.8, 4) is 6.07 Å². The van der Waals surface area contributed by atoms with Gasteiger partial charge in [-0.25, -0.2) is 9.97 Å². The predicted octanol–water partition coefficient (Wildman–Crippen LogP) is 5.59. The van der Waals surface area contributed by atoms with Crippen LogP contribution in [0.4, 0.5) is 19.0 Å². The fourth-order valence-corrected chi connectivity index (χ4v) is 6.82. The summed E-state index contributed by atoms with van der Waals surface area (Å²) in [5.41, 5.74) is 3.80. The molecule has 3 aromatic heterocycles. The van der Waals surface area contributed by atoms with E-state index in [0.717, 1.165) is 73.4 Å². The van der Waals surface area contributed by atoms with Crippen molar-refractivity contribution in [1.29, 1.82) is 5.26 Å². The molecule has 2 fully saturated rings. The van der Waals surface area contributed by atoms with Crippen molar-refractivity contribution in [3.05, 3.63) is 65.1 Å². The molecule has 12 heteroatoms. The second-order valence-corrected chi connectivity index (χ2v) is 12.1. The second kappa shape index (κ2) is 11.9. The van der Waals surface area contributed by atoms with Crippen LogP contribution < -0.4 is 10.6 Å². The van der Waals surface area contributed by atoms with E-state index in [2.05, 4.69) is 60.9 Å². The summed E-state index contributed by atoms with van der Waals surface area (Å²) in [7, 11) is 0. The molecule has 0 spiro atoms. The number of rotatable bonds is 8. The highest BCUT2D eigenvalue weighted by Crippen LogP contribution is 2.33. The second-order valence-electron chi connectivity index (χ2n) is 11.0. The highest BCUT2D eigenvalue weighted by atomic mass is 32.1. The molecule has 2 aliphatic rings. The summed E-state index contributed by atoms with van der Waals surface area (Å²) in [6.07, 6.45) is -1.10. The van der Waals surface area contributed by atoms with Gasteiger partial charge in [0.05, 0.1) is 24.5 Å². The monoisotopic (exact) mass is 595 g/mol. The Morgan fingerprint density at radius 1 is 1.19 bits per heavy atom. The lowest BCUT2D eigenvalue weighted by Gasteiger charge is -2.32. The number of thiophene rings is 1. The molecule has 4 aromatic rings. The van der Waals surface area contributed by atoms with Crippen LogP contribution in [0.5, 0.6) is 0 Å². The molecule has 2 N–H and O–H groups in total. The van der Waals surface area contributed by atoms with Gasteiger partial charge in [-0.15, -0.1) is 11.3 Å². The Kier molecular flexibility index (Phi) is 8.07. The molecule has 2 aliphatic heterocycles. The third-order valence-corrected chi connectivity index (χ3v) is 8.96. The molecule has 0 unspecified atom stereocenters. The SMILES string of the molecule is C=C1CO[C@H](CCn2c(C#N)cc3cc(CN4CCC(Nc5ncnc6sc(CC(F)(F)F)cc56)CC4)ccc32)CN1. The Morgan fingerprint density at radius 3 is 2.76 bits per heavy atom. The number of ether oxygens (including phenoxy) is 1. The molecule has 0 radical (unpaired) electrons. The van der Waals surface area contributed by atoms with Gasteiger partial charge in [-0.2, -0.15) is 18.4 Å². The summed E-state index contributed by atoms with van der Waals surface area (Å²) in [6, 6.07) is 12.5. The molecule has 220 valence electrons. The third-order valence-electron chi connectivity index (χ3n) is 7.92. The first-order valence-corrected chi connectivity index (χ1v) is 14.9. The number of nitrogens with zero attached hydrogens (tertiary/aromatic N) is 5. The number of anilines is 1. The number of nitriles is 1. The van der Waals surface area contributed by atoms with Gasteiger partial charge >= 0.3 is 6.18 Å². The van der Waals surface area contributed by atoms with Crippen molar-refractivity contribution < 1.29 is 17.9 Å². The van der Waals surface area contributed by atoms with Gasteiger partial charge in [0, 0.05) is 60.2 Å². The molecule has 8 nitrogen and oxygen atoms in total. The van der Waals surface area contributed by atoms with E-state index in [1.165, 1.54) is 11.9 Å². The minimum Gasteiger partial charge on any atom is -0.384 e. The number of likely N-dealkylation sites (tertiary alicyclic amines) is 1. The topological polar surface area (TPSA) is 91.0 Å². The minimum absolute atomic E-state index is 0.0913. The molecule has 6 rings (SSSR count). The van der Waals surface area contributed by atoms with E-state index < -0.39 is 12.6 Å². The Bertz CT molecular complexity index is 1620. The Hall–Kier alpha value is -3.66. The maximum absolute atomic E-state index is 12.9. The molecular formula is C30H32F3N7OS. The summed E-state index contributed by atoms with van der Waals surface area (Å²) < 4.78 is 46.6. The number of benzene rings is 1. The number of aromatic nitrogens is 3. The van der Waals surface area contributed by atoms with Crippen LogP contribution >= 0.6 is 11.3 Å². The van der Waals surface area contributed by atoms with Crippen LogP contribution in [-0.4, -0.2) is 64.0 Å². The molecule has 2 saturated heterocycles. The number of piperidine rings is 1. The van der Waals surface area contributed by atoms with Gasteiger partial charge in [-0.05, 0) is 49.1 Å². The van der Waals surface area contributed by atoms with E-state index >= 15 is 0 Å². The number of nitrogens with one attached hydrogen (secondary N) is 2. The normalized spacial score (nSPS) is 18.8. The summed E-state index contributed by atoms with van der Waals surface area (Å²) in [4.78, 5) is 11.7.